The van der Waals surface area contributed by atoms with Crippen molar-refractivity contribution in [1.82, 2.24) is 20.0 Å². The zero-order valence-electron chi connectivity index (χ0n) is 15.4. The van der Waals surface area contributed by atoms with E-state index in [0.29, 0.717) is 6.04 Å². The Hall–Kier alpha value is -2.14. The first-order chi connectivity index (χ1) is 12.0. The molecule has 0 spiro atoms. The van der Waals surface area contributed by atoms with Crippen LogP contribution in [0.2, 0.25) is 0 Å². The lowest BCUT2D eigenvalue weighted by Crippen LogP contribution is -2.33. The summed E-state index contributed by atoms with van der Waals surface area (Å²) in [7, 11) is 0. The van der Waals surface area contributed by atoms with Crippen molar-refractivity contribution in [1.29, 1.82) is 0 Å². The third kappa shape index (κ3) is 4.28. The van der Waals surface area contributed by atoms with Gasteiger partial charge in [-0.25, -0.2) is 0 Å². The van der Waals surface area contributed by atoms with E-state index in [2.05, 4.69) is 37.4 Å². The second kappa shape index (κ2) is 7.83. The summed E-state index contributed by atoms with van der Waals surface area (Å²) in [5.74, 6) is 0.160. The molecular formula is C20H28N4O. The molecule has 0 unspecified atom stereocenters. The number of likely N-dealkylation sites (tertiary alicyclic amines) is 1. The zero-order valence-corrected chi connectivity index (χ0v) is 15.4. The standard InChI is InChI=1S/C20H28N4O/c1-15-12-22-24(14-15)17(3)16(2)21-13-18-6-8-19(9-7-18)20(25)23-10-4-5-11-23/h6-9,12,14,16-17,21H,4-5,10-11,13H2,1-3H3/t16-,17-/m1/s1. The molecule has 5 heteroatoms. The smallest absolute Gasteiger partial charge is 0.253 e. The second-order valence-corrected chi connectivity index (χ2v) is 7.10. The fourth-order valence-corrected chi connectivity index (χ4v) is 3.20. The van der Waals surface area contributed by atoms with Crippen molar-refractivity contribution in [2.45, 2.75) is 52.2 Å². The Labute approximate surface area is 150 Å². The Balaban J connectivity index is 1.53. The van der Waals surface area contributed by atoms with Crippen LogP contribution in [-0.2, 0) is 6.54 Å². The number of hydrogen-bond donors (Lipinski definition) is 1. The van der Waals surface area contributed by atoms with E-state index in [1.807, 2.05) is 40.0 Å². The quantitative estimate of drug-likeness (QED) is 0.879. The number of nitrogens with zero attached hydrogens (tertiary/aromatic N) is 3. The van der Waals surface area contributed by atoms with E-state index in [4.69, 9.17) is 0 Å². The van der Waals surface area contributed by atoms with Crippen LogP contribution in [-0.4, -0.2) is 39.7 Å². The number of amides is 1. The minimum absolute atomic E-state index is 0.160. The summed E-state index contributed by atoms with van der Waals surface area (Å²) in [6.45, 7) is 8.97. The minimum atomic E-state index is 0.160. The summed E-state index contributed by atoms with van der Waals surface area (Å²) in [6, 6.07) is 8.57. The molecule has 2 aromatic rings. The molecule has 1 aliphatic heterocycles. The van der Waals surface area contributed by atoms with E-state index in [1.54, 1.807) is 0 Å². The summed E-state index contributed by atoms with van der Waals surface area (Å²) in [5, 5.41) is 7.95. The fraction of sp³-hybridized carbons (Fsp3) is 0.500. The maximum absolute atomic E-state index is 12.4. The van der Waals surface area contributed by atoms with Gasteiger partial charge in [-0.1, -0.05) is 12.1 Å². The van der Waals surface area contributed by atoms with Gasteiger partial charge in [-0.15, -0.1) is 0 Å². The first-order valence-corrected chi connectivity index (χ1v) is 9.17. The molecular weight excluding hydrogens is 312 g/mol. The van der Waals surface area contributed by atoms with Gasteiger partial charge in [-0.2, -0.15) is 5.10 Å². The maximum atomic E-state index is 12.4. The Morgan fingerprint density at radius 2 is 1.88 bits per heavy atom. The molecule has 2 heterocycles. The number of benzene rings is 1. The average molecular weight is 340 g/mol. The molecule has 1 fully saturated rings. The molecule has 0 radical (unpaired) electrons. The monoisotopic (exact) mass is 340 g/mol. The minimum Gasteiger partial charge on any atom is -0.339 e. The van der Waals surface area contributed by atoms with Gasteiger partial charge in [0, 0.05) is 37.4 Å². The van der Waals surface area contributed by atoms with Crippen molar-refractivity contribution in [2.24, 2.45) is 0 Å². The molecule has 1 amide bonds. The van der Waals surface area contributed by atoms with E-state index < -0.39 is 0 Å². The lowest BCUT2D eigenvalue weighted by Gasteiger charge is -2.22. The number of aryl methyl sites for hydroxylation is 1. The van der Waals surface area contributed by atoms with E-state index in [1.165, 1.54) is 11.1 Å². The van der Waals surface area contributed by atoms with Crippen molar-refractivity contribution < 1.29 is 4.79 Å². The zero-order chi connectivity index (χ0) is 17.8. The summed E-state index contributed by atoms with van der Waals surface area (Å²) in [4.78, 5) is 14.3. The van der Waals surface area contributed by atoms with Gasteiger partial charge in [-0.3, -0.25) is 9.48 Å². The molecule has 1 aliphatic rings. The van der Waals surface area contributed by atoms with Gasteiger partial charge < -0.3 is 10.2 Å². The Morgan fingerprint density at radius 3 is 2.48 bits per heavy atom. The van der Waals surface area contributed by atoms with Crippen LogP contribution in [0.3, 0.4) is 0 Å². The summed E-state index contributed by atoms with van der Waals surface area (Å²) in [5.41, 5.74) is 3.16. The Morgan fingerprint density at radius 1 is 1.20 bits per heavy atom. The highest BCUT2D eigenvalue weighted by atomic mass is 16.2. The molecule has 0 saturated carbocycles. The Kier molecular flexibility index (Phi) is 5.53. The lowest BCUT2D eigenvalue weighted by atomic mass is 10.1. The van der Waals surface area contributed by atoms with Gasteiger partial charge >= 0.3 is 0 Å². The topological polar surface area (TPSA) is 50.2 Å². The van der Waals surface area contributed by atoms with E-state index >= 15 is 0 Å². The van der Waals surface area contributed by atoms with Crippen LogP contribution < -0.4 is 5.32 Å². The van der Waals surface area contributed by atoms with Crippen LogP contribution in [0.15, 0.2) is 36.7 Å². The van der Waals surface area contributed by atoms with Gasteiger partial charge in [0.25, 0.3) is 5.91 Å². The summed E-state index contributed by atoms with van der Waals surface area (Å²) >= 11 is 0. The van der Waals surface area contributed by atoms with E-state index in [9.17, 15) is 4.79 Å². The van der Waals surface area contributed by atoms with E-state index in [-0.39, 0.29) is 11.9 Å². The van der Waals surface area contributed by atoms with Crippen LogP contribution in [0.5, 0.6) is 0 Å². The van der Waals surface area contributed by atoms with Gasteiger partial charge in [0.2, 0.25) is 0 Å². The third-order valence-corrected chi connectivity index (χ3v) is 5.09. The van der Waals surface area contributed by atoms with Crippen molar-refractivity contribution in [3.8, 4) is 0 Å². The molecule has 2 atom stereocenters. The summed E-state index contributed by atoms with van der Waals surface area (Å²) < 4.78 is 2.00. The predicted molar refractivity (Wildman–Crippen MR) is 99.6 cm³/mol. The summed E-state index contributed by atoms with van der Waals surface area (Å²) in [6.07, 6.45) is 6.21. The first-order valence-electron chi connectivity index (χ1n) is 9.17. The molecule has 0 bridgehead atoms. The molecule has 1 saturated heterocycles. The molecule has 0 aliphatic carbocycles. The fourth-order valence-electron chi connectivity index (χ4n) is 3.20. The first kappa shape index (κ1) is 17.7. The van der Waals surface area contributed by atoms with Crippen molar-refractivity contribution in [3.63, 3.8) is 0 Å². The van der Waals surface area contributed by atoms with Crippen LogP contribution in [0.25, 0.3) is 0 Å². The molecule has 25 heavy (non-hydrogen) atoms. The van der Waals surface area contributed by atoms with Crippen LogP contribution >= 0.6 is 0 Å². The van der Waals surface area contributed by atoms with Gasteiger partial charge in [0.05, 0.1) is 12.2 Å². The van der Waals surface area contributed by atoms with Gasteiger partial charge in [0.15, 0.2) is 0 Å². The molecule has 3 rings (SSSR count). The number of hydrogen-bond acceptors (Lipinski definition) is 3. The largest absolute Gasteiger partial charge is 0.339 e. The van der Waals surface area contributed by atoms with E-state index in [0.717, 1.165) is 38.0 Å². The molecule has 1 N–H and O–H groups in total. The van der Waals surface area contributed by atoms with Gasteiger partial charge in [0.1, 0.15) is 0 Å². The third-order valence-electron chi connectivity index (χ3n) is 5.09. The number of nitrogens with one attached hydrogen (secondary N) is 1. The highest BCUT2D eigenvalue weighted by molar-refractivity contribution is 5.94. The van der Waals surface area contributed by atoms with Gasteiger partial charge in [-0.05, 0) is 56.9 Å². The van der Waals surface area contributed by atoms with Crippen LogP contribution in [0.4, 0.5) is 0 Å². The molecule has 1 aromatic heterocycles. The number of carbonyl (C=O) groups excluding carboxylic acids is 1. The van der Waals surface area contributed by atoms with Crippen LogP contribution in [0, 0.1) is 6.92 Å². The number of rotatable bonds is 6. The average Bonchev–Trinajstić information content (AvgIpc) is 3.30. The van der Waals surface area contributed by atoms with Crippen LogP contribution in [0.1, 0.15) is 54.2 Å². The molecule has 134 valence electrons. The highest BCUT2D eigenvalue weighted by Gasteiger charge is 2.19. The molecule has 5 nitrogen and oxygen atoms in total. The molecule has 1 aromatic carbocycles. The van der Waals surface area contributed by atoms with Crippen molar-refractivity contribution >= 4 is 5.91 Å². The maximum Gasteiger partial charge on any atom is 0.253 e. The van der Waals surface area contributed by atoms with Crippen molar-refractivity contribution in [2.75, 3.05) is 13.1 Å². The highest BCUT2D eigenvalue weighted by Crippen LogP contribution is 2.15. The Bertz CT molecular complexity index is 701. The lowest BCUT2D eigenvalue weighted by molar-refractivity contribution is 0.0793. The normalized spacial score (nSPS) is 16.8. The number of aromatic nitrogens is 2. The van der Waals surface area contributed by atoms with Crippen molar-refractivity contribution in [3.05, 3.63) is 53.3 Å². The SMILES string of the molecule is Cc1cnn([C@H](C)[C@@H](C)NCc2ccc(C(=O)N3CCCC3)cc2)c1. The second-order valence-electron chi connectivity index (χ2n) is 7.10. The number of carbonyl (C=O) groups is 1. The predicted octanol–water partition coefficient (Wildman–Crippen LogP) is 3.17.